The van der Waals surface area contributed by atoms with Crippen LogP contribution < -0.4 is 16.0 Å². The van der Waals surface area contributed by atoms with E-state index in [9.17, 15) is 9.59 Å². The summed E-state index contributed by atoms with van der Waals surface area (Å²) in [6.07, 6.45) is 0.313. The van der Waals surface area contributed by atoms with E-state index >= 15 is 0 Å². The molecule has 0 aliphatic carbocycles. The molecule has 0 fully saturated rings. The van der Waals surface area contributed by atoms with Gasteiger partial charge in [0.1, 0.15) is 0 Å². The number of hydrogen-bond acceptors (Lipinski definition) is 2. The molecule has 0 aliphatic heterocycles. The Morgan fingerprint density at radius 1 is 1.25 bits per heavy atom. The van der Waals surface area contributed by atoms with E-state index in [1.807, 2.05) is 6.92 Å². The van der Waals surface area contributed by atoms with Gasteiger partial charge in [-0.3, -0.25) is 4.79 Å². The van der Waals surface area contributed by atoms with Crippen molar-refractivity contribution in [2.45, 2.75) is 13.3 Å². The SMILES string of the molecule is CCNC(=O)NCCC(=O)NC. The minimum Gasteiger partial charge on any atom is -0.359 e. The summed E-state index contributed by atoms with van der Waals surface area (Å²) in [5.41, 5.74) is 0. The van der Waals surface area contributed by atoms with Gasteiger partial charge in [-0.05, 0) is 6.92 Å². The van der Waals surface area contributed by atoms with Gasteiger partial charge in [0.15, 0.2) is 0 Å². The maximum absolute atomic E-state index is 10.8. The largest absolute Gasteiger partial charge is 0.359 e. The van der Waals surface area contributed by atoms with Gasteiger partial charge in [-0.2, -0.15) is 0 Å². The zero-order chi connectivity index (χ0) is 9.40. The molecule has 0 aromatic heterocycles. The summed E-state index contributed by atoms with van der Waals surface area (Å²) in [6.45, 7) is 2.79. The lowest BCUT2D eigenvalue weighted by Gasteiger charge is -2.04. The lowest BCUT2D eigenvalue weighted by atomic mass is 10.4. The van der Waals surface area contributed by atoms with Gasteiger partial charge < -0.3 is 16.0 Å². The normalized spacial score (nSPS) is 8.83. The first-order valence-electron chi connectivity index (χ1n) is 3.93. The van der Waals surface area contributed by atoms with Crippen LogP contribution in [0.5, 0.6) is 0 Å². The fraction of sp³-hybridized carbons (Fsp3) is 0.714. The van der Waals surface area contributed by atoms with Crippen molar-refractivity contribution in [3.8, 4) is 0 Å². The van der Waals surface area contributed by atoms with E-state index in [4.69, 9.17) is 0 Å². The number of nitrogens with one attached hydrogen (secondary N) is 3. The topological polar surface area (TPSA) is 70.2 Å². The van der Waals surface area contributed by atoms with Crippen molar-refractivity contribution in [3.05, 3.63) is 0 Å². The maximum Gasteiger partial charge on any atom is 0.314 e. The Balaban J connectivity index is 3.30. The number of hydrogen-bond donors (Lipinski definition) is 3. The number of carbonyl (C=O) groups excluding carboxylic acids is 2. The molecule has 0 radical (unpaired) electrons. The lowest BCUT2D eigenvalue weighted by Crippen LogP contribution is -2.37. The van der Waals surface area contributed by atoms with Gasteiger partial charge in [0.05, 0.1) is 0 Å². The van der Waals surface area contributed by atoms with Crippen LogP contribution in [-0.2, 0) is 4.79 Å². The molecule has 3 N–H and O–H groups in total. The Morgan fingerprint density at radius 3 is 2.42 bits per heavy atom. The van der Waals surface area contributed by atoms with Gasteiger partial charge in [0.25, 0.3) is 0 Å². The number of carbonyl (C=O) groups is 2. The third-order valence-corrected chi connectivity index (χ3v) is 1.25. The molecule has 12 heavy (non-hydrogen) atoms. The summed E-state index contributed by atoms with van der Waals surface area (Å²) < 4.78 is 0. The van der Waals surface area contributed by atoms with Crippen molar-refractivity contribution < 1.29 is 9.59 Å². The van der Waals surface area contributed by atoms with Crippen molar-refractivity contribution in [1.29, 1.82) is 0 Å². The molecule has 0 unspecified atom stereocenters. The molecule has 0 saturated carbocycles. The van der Waals surface area contributed by atoms with Gasteiger partial charge in [0, 0.05) is 26.6 Å². The summed E-state index contributed by atoms with van der Waals surface area (Å²) in [6, 6.07) is -0.235. The molecule has 0 saturated heterocycles. The summed E-state index contributed by atoms with van der Waals surface area (Å²) in [5, 5.41) is 7.55. The Bertz CT molecular complexity index is 159. The first-order valence-corrected chi connectivity index (χ1v) is 3.93. The zero-order valence-electron chi connectivity index (χ0n) is 7.44. The standard InChI is InChI=1S/C7H15N3O2/c1-3-9-7(12)10-5-4-6(11)8-2/h3-5H2,1-2H3,(H,8,11)(H2,9,10,12). The minimum atomic E-state index is -0.235. The van der Waals surface area contributed by atoms with Crippen LogP contribution >= 0.6 is 0 Å². The maximum atomic E-state index is 10.8. The van der Waals surface area contributed by atoms with E-state index in [0.717, 1.165) is 0 Å². The van der Waals surface area contributed by atoms with E-state index in [1.54, 1.807) is 7.05 Å². The highest BCUT2D eigenvalue weighted by Crippen LogP contribution is 1.75. The molecule has 0 aromatic rings. The molecule has 0 rings (SSSR count). The summed E-state index contributed by atoms with van der Waals surface area (Å²) >= 11 is 0. The van der Waals surface area contributed by atoms with E-state index in [-0.39, 0.29) is 11.9 Å². The number of amides is 3. The fourth-order valence-corrected chi connectivity index (χ4v) is 0.638. The minimum absolute atomic E-state index is 0.0770. The van der Waals surface area contributed by atoms with Crippen molar-refractivity contribution >= 4 is 11.9 Å². The molecule has 0 aliphatic rings. The average molecular weight is 173 g/mol. The van der Waals surface area contributed by atoms with Gasteiger partial charge in [-0.1, -0.05) is 0 Å². The van der Waals surface area contributed by atoms with Crippen molar-refractivity contribution in [1.82, 2.24) is 16.0 Å². The molecular formula is C7H15N3O2. The smallest absolute Gasteiger partial charge is 0.314 e. The predicted molar refractivity (Wildman–Crippen MR) is 45.8 cm³/mol. The van der Waals surface area contributed by atoms with Gasteiger partial charge in [0.2, 0.25) is 5.91 Å². The van der Waals surface area contributed by atoms with E-state index in [1.165, 1.54) is 0 Å². The lowest BCUT2D eigenvalue weighted by molar-refractivity contribution is -0.120. The second-order valence-electron chi connectivity index (χ2n) is 2.21. The van der Waals surface area contributed by atoms with E-state index < -0.39 is 0 Å². The number of urea groups is 1. The van der Waals surface area contributed by atoms with Crippen LogP contribution in [-0.4, -0.2) is 32.1 Å². The van der Waals surface area contributed by atoms with Crippen LogP contribution in [0.2, 0.25) is 0 Å². The first kappa shape index (κ1) is 10.7. The van der Waals surface area contributed by atoms with Crippen LogP contribution in [0, 0.1) is 0 Å². The van der Waals surface area contributed by atoms with Gasteiger partial charge in [-0.25, -0.2) is 4.79 Å². The van der Waals surface area contributed by atoms with Crippen LogP contribution in [0.4, 0.5) is 4.79 Å². The molecule has 3 amide bonds. The first-order chi connectivity index (χ1) is 5.70. The predicted octanol–water partition coefficient (Wildman–Crippen LogP) is -0.558. The number of rotatable bonds is 4. The summed E-state index contributed by atoms with van der Waals surface area (Å²) in [7, 11) is 1.56. The fourth-order valence-electron chi connectivity index (χ4n) is 0.638. The Labute approximate surface area is 71.9 Å². The molecule has 5 nitrogen and oxygen atoms in total. The average Bonchev–Trinajstić information content (AvgIpc) is 2.04. The third-order valence-electron chi connectivity index (χ3n) is 1.25. The second kappa shape index (κ2) is 6.45. The molecule has 0 atom stereocenters. The highest BCUT2D eigenvalue weighted by molar-refractivity contribution is 5.77. The molecule has 70 valence electrons. The summed E-state index contributed by atoms with van der Waals surface area (Å²) in [5.74, 6) is -0.0770. The second-order valence-corrected chi connectivity index (χ2v) is 2.21. The van der Waals surface area contributed by atoms with Gasteiger partial charge in [-0.15, -0.1) is 0 Å². The monoisotopic (exact) mass is 173 g/mol. The molecule has 0 heterocycles. The van der Waals surface area contributed by atoms with Crippen molar-refractivity contribution in [3.63, 3.8) is 0 Å². The van der Waals surface area contributed by atoms with Gasteiger partial charge >= 0.3 is 6.03 Å². The van der Waals surface area contributed by atoms with Crippen LogP contribution in [0.3, 0.4) is 0 Å². The molecular weight excluding hydrogens is 158 g/mol. The van der Waals surface area contributed by atoms with Crippen LogP contribution in [0.25, 0.3) is 0 Å². The van der Waals surface area contributed by atoms with E-state index in [2.05, 4.69) is 16.0 Å². The Morgan fingerprint density at radius 2 is 1.92 bits per heavy atom. The van der Waals surface area contributed by atoms with E-state index in [0.29, 0.717) is 19.5 Å². The van der Waals surface area contributed by atoms with Crippen molar-refractivity contribution in [2.75, 3.05) is 20.1 Å². The van der Waals surface area contributed by atoms with Crippen LogP contribution in [0.1, 0.15) is 13.3 Å². The molecule has 0 spiro atoms. The van der Waals surface area contributed by atoms with Crippen molar-refractivity contribution in [2.24, 2.45) is 0 Å². The summed E-state index contributed by atoms with van der Waals surface area (Å²) in [4.78, 5) is 21.4. The zero-order valence-corrected chi connectivity index (χ0v) is 7.44. The molecule has 0 aromatic carbocycles. The Kier molecular flexibility index (Phi) is 5.77. The van der Waals surface area contributed by atoms with Crippen LogP contribution in [0.15, 0.2) is 0 Å². The highest BCUT2D eigenvalue weighted by Gasteiger charge is 1.99. The third kappa shape index (κ3) is 5.52. The highest BCUT2D eigenvalue weighted by atomic mass is 16.2. The molecule has 0 bridgehead atoms. The Hall–Kier alpha value is -1.26. The molecule has 5 heteroatoms. The quantitative estimate of drug-likeness (QED) is 0.533.